The first-order valence-corrected chi connectivity index (χ1v) is 10.1. The first-order valence-electron chi connectivity index (χ1n) is 10.1. The van der Waals surface area contributed by atoms with E-state index in [2.05, 4.69) is 15.0 Å². The molecule has 2 bridgehead atoms. The molecule has 0 unspecified atom stereocenters. The molecular formula is C22H23N5O3. The molecule has 0 N–H and O–H groups in total. The fourth-order valence-corrected chi connectivity index (χ4v) is 4.85. The molecule has 8 nitrogen and oxygen atoms in total. The minimum Gasteiger partial charge on any atom is -0.360 e. The third kappa shape index (κ3) is 3.08. The molecule has 5 heterocycles. The van der Waals surface area contributed by atoms with Gasteiger partial charge in [0, 0.05) is 32.2 Å². The Morgan fingerprint density at radius 2 is 2.07 bits per heavy atom. The van der Waals surface area contributed by atoms with Gasteiger partial charge in [-0.05, 0) is 30.2 Å². The first kappa shape index (κ1) is 18.9. The van der Waals surface area contributed by atoms with E-state index >= 15 is 0 Å². The number of hydrogen-bond acceptors (Lipinski definition) is 6. The smallest absolute Gasteiger partial charge is 0.230 e. The fourth-order valence-electron chi connectivity index (χ4n) is 4.85. The maximum absolute atomic E-state index is 13.3. The van der Waals surface area contributed by atoms with E-state index in [9.17, 15) is 9.59 Å². The molecule has 2 amide bonds. The molecule has 154 valence electrons. The van der Waals surface area contributed by atoms with Gasteiger partial charge in [-0.1, -0.05) is 12.2 Å². The van der Waals surface area contributed by atoms with Gasteiger partial charge < -0.3 is 14.5 Å². The Kier molecular flexibility index (Phi) is 4.58. The van der Waals surface area contributed by atoms with Gasteiger partial charge in [0.1, 0.15) is 11.9 Å². The molecule has 5 rings (SSSR count). The van der Waals surface area contributed by atoms with Crippen LogP contribution in [0.1, 0.15) is 11.3 Å². The molecule has 30 heavy (non-hydrogen) atoms. The Bertz CT molecular complexity index is 983. The highest BCUT2D eigenvalue weighted by molar-refractivity contribution is 5.93. The van der Waals surface area contributed by atoms with Crippen LogP contribution >= 0.6 is 0 Å². The monoisotopic (exact) mass is 405 g/mol. The summed E-state index contributed by atoms with van der Waals surface area (Å²) in [7, 11) is 1.74. The van der Waals surface area contributed by atoms with Gasteiger partial charge in [-0.15, -0.1) is 0 Å². The minimum absolute atomic E-state index is 0.00434. The number of ether oxygens (including phenoxy) is 1. The molecule has 3 aliphatic rings. The number of hydrogen-bond donors (Lipinski definition) is 0. The van der Waals surface area contributed by atoms with Crippen LogP contribution in [0.4, 0.5) is 0 Å². The van der Waals surface area contributed by atoms with Crippen LogP contribution in [-0.4, -0.2) is 68.4 Å². The van der Waals surface area contributed by atoms with E-state index in [0.717, 1.165) is 17.7 Å². The highest BCUT2D eigenvalue weighted by Gasteiger charge is 2.66. The van der Waals surface area contributed by atoms with Crippen molar-refractivity contribution in [1.82, 2.24) is 24.8 Å². The topological polar surface area (TPSA) is 88.5 Å². The van der Waals surface area contributed by atoms with Gasteiger partial charge in [-0.3, -0.25) is 14.6 Å². The Hall–Kier alpha value is -3.13. The lowest BCUT2D eigenvalue weighted by molar-refractivity contribution is -0.142. The number of carbonyl (C=O) groups excluding carboxylic acids is 2. The molecule has 0 radical (unpaired) electrons. The van der Waals surface area contributed by atoms with Gasteiger partial charge in [0.2, 0.25) is 11.8 Å². The maximum Gasteiger partial charge on any atom is 0.230 e. The predicted molar refractivity (Wildman–Crippen MR) is 107 cm³/mol. The zero-order valence-electron chi connectivity index (χ0n) is 16.7. The lowest BCUT2D eigenvalue weighted by Gasteiger charge is -2.27. The minimum atomic E-state index is -0.684. The zero-order valence-corrected chi connectivity index (χ0v) is 16.7. The van der Waals surface area contributed by atoms with E-state index in [1.165, 1.54) is 6.33 Å². The summed E-state index contributed by atoms with van der Waals surface area (Å²) in [5.41, 5.74) is 1.20. The van der Waals surface area contributed by atoms with E-state index in [0.29, 0.717) is 19.6 Å². The average Bonchev–Trinajstić information content (AvgIpc) is 3.41. The molecule has 0 saturated carbocycles. The van der Waals surface area contributed by atoms with Crippen molar-refractivity contribution in [2.45, 2.75) is 24.7 Å². The Labute approximate surface area is 174 Å². The average molecular weight is 405 g/mol. The van der Waals surface area contributed by atoms with Crippen molar-refractivity contribution >= 4 is 11.8 Å². The largest absolute Gasteiger partial charge is 0.360 e. The lowest BCUT2D eigenvalue weighted by atomic mass is 9.76. The van der Waals surface area contributed by atoms with Crippen molar-refractivity contribution in [1.29, 1.82) is 0 Å². The van der Waals surface area contributed by atoms with Crippen LogP contribution in [0.25, 0.3) is 0 Å². The first-order chi connectivity index (χ1) is 14.6. The fraction of sp³-hybridized carbons (Fsp3) is 0.409. The molecule has 0 aliphatic carbocycles. The molecule has 2 aromatic rings. The zero-order chi connectivity index (χ0) is 20.7. The molecule has 2 saturated heterocycles. The highest BCUT2D eigenvalue weighted by Crippen LogP contribution is 2.52. The third-order valence-corrected chi connectivity index (χ3v) is 6.30. The summed E-state index contributed by atoms with van der Waals surface area (Å²) >= 11 is 0. The van der Waals surface area contributed by atoms with E-state index in [1.807, 2.05) is 29.2 Å². The molecule has 8 heteroatoms. The van der Waals surface area contributed by atoms with Gasteiger partial charge >= 0.3 is 0 Å². The summed E-state index contributed by atoms with van der Waals surface area (Å²) in [6, 6.07) is 5.69. The third-order valence-electron chi connectivity index (χ3n) is 6.30. The number of nitrogens with zero attached hydrogens (tertiary/aromatic N) is 5. The second kappa shape index (κ2) is 7.28. The van der Waals surface area contributed by atoms with Crippen molar-refractivity contribution in [2.24, 2.45) is 11.8 Å². The van der Waals surface area contributed by atoms with Crippen LogP contribution in [0.3, 0.4) is 0 Å². The Morgan fingerprint density at radius 1 is 1.27 bits per heavy atom. The number of carbonyl (C=O) groups is 2. The Balaban J connectivity index is 1.31. The summed E-state index contributed by atoms with van der Waals surface area (Å²) in [5.74, 6) is -1.05. The molecule has 4 atom stereocenters. The highest BCUT2D eigenvalue weighted by atomic mass is 16.5. The predicted octanol–water partition coefficient (Wildman–Crippen LogP) is 0.855. The van der Waals surface area contributed by atoms with E-state index in [4.69, 9.17) is 4.74 Å². The van der Waals surface area contributed by atoms with Crippen LogP contribution in [-0.2, 0) is 27.3 Å². The van der Waals surface area contributed by atoms with Gasteiger partial charge in [0.05, 0.1) is 36.7 Å². The van der Waals surface area contributed by atoms with Crippen molar-refractivity contribution in [3.63, 3.8) is 0 Å². The molecule has 1 spiro atoms. The van der Waals surface area contributed by atoms with Crippen molar-refractivity contribution in [3.05, 3.63) is 66.5 Å². The molecule has 2 fully saturated rings. The van der Waals surface area contributed by atoms with E-state index in [1.54, 1.807) is 36.6 Å². The summed E-state index contributed by atoms with van der Waals surface area (Å²) in [5, 5.41) is 0. The summed E-state index contributed by atoms with van der Waals surface area (Å²) < 4.78 is 6.21. The van der Waals surface area contributed by atoms with E-state index in [-0.39, 0.29) is 17.9 Å². The normalized spacial score (nSPS) is 28.8. The second-order valence-corrected chi connectivity index (χ2v) is 8.16. The van der Waals surface area contributed by atoms with Crippen molar-refractivity contribution in [3.8, 4) is 0 Å². The van der Waals surface area contributed by atoms with Gasteiger partial charge in [-0.25, -0.2) is 9.97 Å². The summed E-state index contributed by atoms with van der Waals surface area (Å²) in [4.78, 5) is 42.2. The van der Waals surface area contributed by atoms with Crippen LogP contribution in [0.5, 0.6) is 0 Å². The lowest BCUT2D eigenvalue weighted by Crippen LogP contribution is -2.44. The number of amides is 2. The molecule has 3 aliphatic heterocycles. The summed E-state index contributed by atoms with van der Waals surface area (Å²) in [6.45, 7) is 1.46. The number of pyridine rings is 1. The molecule has 0 aromatic carbocycles. The quantitative estimate of drug-likeness (QED) is 0.663. The van der Waals surface area contributed by atoms with Crippen molar-refractivity contribution in [2.75, 3.05) is 20.1 Å². The SMILES string of the molecule is CN(Cc1ccncn1)C(=O)[C@H]1[C@@H]2C=C[C@@]3(CN(CCc4ccncc4)C(=O)[C@@H]13)O2. The second-order valence-electron chi connectivity index (χ2n) is 8.16. The maximum atomic E-state index is 13.3. The van der Waals surface area contributed by atoms with Crippen molar-refractivity contribution < 1.29 is 14.3 Å². The summed E-state index contributed by atoms with van der Waals surface area (Å²) in [6.07, 6.45) is 11.0. The van der Waals surface area contributed by atoms with Gasteiger partial charge in [-0.2, -0.15) is 0 Å². The van der Waals surface area contributed by atoms with Crippen LogP contribution < -0.4 is 0 Å². The number of fused-ring (bicyclic) bond motifs is 1. The molecular weight excluding hydrogens is 382 g/mol. The van der Waals surface area contributed by atoms with Crippen LogP contribution in [0.15, 0.2) is 55.3 Å². The number of aromatic nitrogens is 3. The van der Waals surface area contributed by atoms with Crippen LogP contribution in [0, 0.1) is 11.8 Å². The molecule has 2 aromatic heterocycles. The van der Waals surface area contributed by atoms with Crippen LogP contribution in [0.2, 0.25) is 0 Å². The van der Waals surface area contributed by atoms with Gasteiger partial charge in [0.25, 0.3) is 0 Å². The van der Waals surface area contributed by atoms with E-state index < -0.39 is 17.4 Å². The van der Waals surface area contributed by atoms with Gasteiger partial charge in [0.15, 0.2) is 0 Å². The Morgan fingerprint density at radius 3 is 2.83 bits per heavy atom. The number of rotatable bonds is 6. The standard InChI is InChI=1S/C22H23N5O3/c1-26(12-16-5-10-24-14-25-16)20(28)18-17-2-7-22(30-17)13-27(21(29)19(18)22)11-6-15-3-8-23-9-4-15/h2-5,7-10,14,17-19H,6,11-13H2,1H3/t17-,18-,19+,22-/m0/s1. The number of likely N-dealkylation sites (tertiary alicyclic amines) is 1.